The van der Waals surface area contributed by atoms with E-state index < -0.39 is 0 Å². The predicted molar refractivity (Wildman–Crippen MR) is 89.4 cm³/mol. The maximum Gasteiger partial charge on any atom is 0.140 e. The van der Waals surface area contributed by atoms with Gasteiger partial charge in [-0.2, -0.15) is 5.10 Å². The van der Waals surface area contributed by atoms with Gasteiger partial charge in [-0.1, -0.05) is 18.2 Å². The number of para-hydroxylation sites is 1. The Morgan fingerprint density at radius 2 is 1.78 bits per heavy atom. The molecule has 0 saturated carbocycles. The Morgan fingerprint density at radius 1 is 1.04 bits per heavy atom. The normalized spacial score (nSPS) is 16.6. The minimum atomic E-state index is 0.744. The molecule has 6 heteroatoms. The van der Waals surface area contributed by atoms with Gasteiger partial charge in [-0.25, -0.2) is 9.67 Å². The first kappa shape index (κ1) is 16.0. The SMILES string of the molecule is CCn1ncnc1CN1CCN(CCOc2ccccc2)CC1. The van der Waals surface area contributed by atoms with Crippen LogP contribution in [0.2, 0.25) is 0 Å². The van der Waals surface area contributed by atoms with Gasteiger partial charge >= 0.3 is 0 Å². The van der Waals surface area contributed by atoms with Gasteiger partial charge in [0, 0.05) is 39.3 Å². The van der Waals surface area contributed by atoms with E-state index in [0.29, 0.717) is 0 Å². The van der Waals surface area contributed by atoms with Crippen LogP contribution in [0.15, 0.2) is 36.7 Å². The smallest absolute Gasteiger partial charge is 0.140 e. The predicted octanol–water partition coefficient (Wildman–Crippen LogP) is 1.49. The summed E-state index contributed by atoms with van der Waals surface area (Å²) in [7, 11) is 0. The van der Waals surface area contributed by atoms with Crippen LogP contribution in [0.5, 0.6) is 5.75 Å². The van der Waals surface area contributed by atoms with Crippen LogP contribution in [0.4, 0.5) is 0 Å². The summed E-state index contributed by atoms with van der Waals surface area (Å²) in [6.07, 6.45) is 1.65. The summed E-state index contributed by atoms with van der Waals surface area (Å²) in [6.45, 7) is 9.90. The van der Waals surface area contributed by atoms with Crippen molar-refractivity contribution < 1.29 is 4.74 Å². The Balaban J connectivity index is 1.37. The van der Waals surface area contributed by atoms with Crippen LogP contribution in [-0.2, 0) is 13.1 Å². The van der Waals surface area contributed by atoms with Crippen molar-refractivity contribution in [2.24, 2.45) is 0 Å². The first-order valence-corrected chi connectivity index (χ1v) is 8.34. The van der Waals surface area contributed by atoms with E-state index in [-0.39, 0.29) is 0 Å². The van der Waals surface area contributed by atoms with Crippen LogP contribution in [-0.4, -0.2) is 63.9 Å². The van der Waals surface area contributed by atoms with Crippen LogP contribution >= 0.6 is 0 Å². The Hall–Kier alpha value is -1.92. The quantitative estimate of drug-likeness (QED) is 0.775. The standard InChI is InChI=1S/C17H25N5O/c1-2-22-17(18-15-19-22)14-21-10-8-20(9-11-21)12-13-23-16-6-4-3-5-7-16/h3-7,15H,2,8-14H2,1H3. The molecule has 124 valence electrons. The molecule has 0 N–H and O–H groups in total. The van der Waals surface area contributed by atoms with Gasteiger partial charge in [0.15, 0.2) is 0 Å². The molecule has 0 unspecified atom stereocenters. The van der Waals surface area contributed by atoms with E-state index in [1.54, 1.807) is 6.33 Å². The lowest BCUT2D eigenvalue weighted by molar-refractivity contribution is 0.110. The van der Waals surface area contributed by atoms with E-state index in [0.717, 1.165) is 64.0 Å². The van der Waals surface area contributed by atoms with Crippen LogP contribution in [0.25, 0.3) is 0 Å². The molecule has 1 aromatic heterocycles. The van der Waals surface area contributed by atoms with Crippen molar-refractivity contribution in [3.05, 3.63) is 42.5 Å². The lowest BCUT2D eigenvalue weighted by Crippen LogP contribution is -2.47. The Bertz CT molecular complexity index is 578. The number of aromatic nitrogens is 3. The van der Waals surface area contributed by atoms with Gasteiger partial charge in [0.1, 0.15) is 24.5 Å². The highest BCUT2D eigenvalue weighted by atomic mass is 16.5. The van der Waals surface area contributed by atoms with Crippen molar-refractivity contribution in [1.82, 2.24) is 24.6 Å². The average Bonchev–Trinajstić information content (AvgIpc) is 3.04. The summed E-state index contributed by atoms with van der Waals surface area (Å²) in [5.41, 5.74) is 0. The minimum absolute atomic E-state index is 0.744. The van der Waals surface area contributed by atoms with Gasteiger partial charge in [-0.3, -0.25) is 9.80 Å². The summed E-state index contributed by atoms with van der Waals surface area (Å²) in [6, 6.07) is 10.0. The number of nitrogens with zero attached hydrogens (tertiary/aromatic N) is 5. The molecular formula is C17H25N5O. The Kier molecular flexibility index (Phi) is 5.60. The molecule has 1 aliphatic heterocycles. The second kappa shape index (κ2) is 8.08. The van der Waals surface area contributed by atoms with E-state index in [4.69, 9.17) is 4.74 Å². The van der Waals surface area contributed by atoms with Crippen molar-refractivity contribution >= 4 is 0 Å². The second-order valence-electron chi connectivity index (χ2n) is 5.77. The molecule has 0 bridgehead atoms. The Morgan fingerprint density at radius 3 is 2.52 bits per heavy atom. The van der Waals surface area contributed by atoms with Gasteiger partial charge in [0.2, 0.25) is 0 Å². The summed E-state index contributed by atoms with van der Waals surface area (Å²) in [5, 5.41) is 4.24. The molecule has 23 heavy (non-hydrogen) atoms. The third-order valence-electron chi connectivity index (χ3n) is 4.24. The number of aryl methyl sites for hydroxylation is 1. The fourth-order valence-corrected chi connectivity index (χ4v) is 2.86. The lowest BCUT2D eigenvalue weighted by Gasteiger charge is -2.34. The van der Waals surface area contributed by atoms with Crippen LogP contribution in [0.3, 0.4) is 0 Å². The monoisotopic (exact) mass is 315 g/mol. The third kappa shape index (κ3) is 4.53. The molecule has 0 radical (unpaired) electrons. The van der Waals surface area contributed by atoms with E-state index in [1.807, 2.05) is 35.0 Å². The average molecular weight is 315 g/mol. The second-order valence-corrected chi connectivity index (χ2v) is 5.77. The fourth-order valence-electron chi connectivity index (χ4n) is 2.86. The molecule has 0 atom stereocenters. The number of ether oxygens (including phenoxy) is 1. The highest BCUT2D eigenvalue weighted by Gasteiger charge is 2.18. The molecule has 0 spiro atoms. The lowest BCUT2D eigenvalue weighted by atomic mass is 10.3. The zero-order valence-electron chi connectivity index (χ0n) is 13.8. The van der Waals surface area contributed by atoms with Gasteiger partial charge in [0.05, 0.1) is 6.54 Å². The molecule has 6 nitrogen and oxygen atoms in total. The number of benzene rings is 1. The molecule has 0 aliphatic carbocycles. The summed E-state index contributed by atoms with van der Waals surface area (Å²) in [4.78, 5) is 9.27. The number of hydrogen-bond acceptors (Lipinski definition) is 5. The summed E-state index contributed by atoms with van der Waals surface area (Å²) < 4.78 is 7.75. The third-order valence-corrected chi connectivity index (χ3v) is 4.24. The van der Waals surface area contributed by atoms with Crippen molar-refractivity contribution in [3.63, 3.8) is 0 Å². The summed E-state index contributed by atoms with van der Waals surface area (Å²) >= 11 is 0. The van der Waals surface area contributed by atoms with Gasteiger partial charge in [0.25, 0.3) is 0 Å². The van der Waals surface area contributed by atoms with Gasteiger partial charge in [-0.15, -0.1) is 0 Å². The maximum absolute atomic E-state index is 5.77. The minimum Gasteiger partial charge on any atom is -0.492 e. The van der Waals surface area contributed by atoms with E-state index >= 15 is 0 Å². The van der Waals surface area contributed by atoms with Crippen molar-refractivity contribution in [2.45, 2.75) is 20.0 Å². The topological polar surface area (TPSA) is 46.4 Å². The summed E-state index contributed by atoms with van der Waals surface area (Å²) in [5.74, 6) is 2.01. The van der Waals surface area contributed by atoms with Gasteiger partial charge < -0.3 is 4.74 Å². The number of piperazine rings is 1. The highest BCUT2D eigenvalue weighted by Crippen LogP contribution is 2.09. The van der Waals surface area contributed by atoms with Crippen LogP contribution < -0.4 is 4.74 Å². The molecule has 1 saturated heterocycles. The largest absolute Gasteiger partial charge is 0.492 e. The fraction of sp³-hybridized carbons (Fsp3) is 0.529. The molecular weight excluding hydrogens is 290 g/mol. The van der Waals surface area contributed by atoms with Crippen molar-refractivity contribution in [1.29, 1.82) is 0 Å². The van der Waals surface area contributed by atoms with E-state index in [2.05, 4.69) is 26.8 Å². The molecule has 2 heterocycles. The molecule has 1 aromatic carbocycles. The van der Waals surface area contributed by atoms with Crippen LogP contribution in [0, 0.1) is 0 Å². The van der Waals surface area contributed by atoms with Gasteiger partial charge in [-0.05, 0) is 19.1 Å². The number of hydrogen-bond donors (Lipinski definition) is 0. The van der Waals surface area contributed by atoms with Crippen LogP contribution in [0.1, 0.15) is 12.7 Å². The van der Waals surface area contributed by atoms with E-state index in [1.165, 1.54) is 0 Å². The molecule has 1 fully saturated rings. The first-order chi connectivity index (χ1) is 11.3. The molecule has 3 rings (SSSR count). The maximum atomic E-state index is 5.77. The molecule has 0 amide bonds. The van der Waals surface area contributed by atoms with Crippen molar-refractivity contribution in [3.8, 4) is 5.75 Å². The molecule has 1 aliphatic rings. The Labute approximate surface area is 137 Å². The zero-order valence-corrected chi connectivity index (χ0v) is 13.8. The van der Waals surface area contributed by atoms with Crippen molar-refractivity contribution in [2.75, 3.05) is 39.3 Å². The van der Waals surface area contributed by atoms with E-state index in [9.17, 15) is 0 Å². The highest BCUT2D eigenvalue weighted by molar-refractivity contribution is 5.20. The number of rotatable bonds is 7. The zero-order chi connectivity index (χ0) is 15.9. The first-order valence-electron chi connectivity index (χ1n) is 8.34. The molecule has 2 aromatic rings.